The number of rotatable bonds is 3. The Morgan fingerprint density at radius 1 is 1.50 bits per heavy atom. The van der Waals surface area contributed by atoms with Crippen LogP contribution in [0.5, 0.6) is 0 Å². The minimum absolute atomic E-state index is 0.124. The Labute approximate surface area is 59.6 Å². The number of carbonyl (C=O) groups excluding carboxylic acids is 2. The molecule has 0 aromatic heterocycles. The monoisotopic (exact) mass is 145 g/mol. The van der Waals surface area contributed by atoms with Crippen LogP contribution in [0.1, 0.15) is 13.3 Å². The summed E-state index contributed by atoms with van der Waals surface area (Å²) in [7, 11) is 1.54. The number of nitrogens with one attached hydrogen (secondary N) is 1. The zero-order valence-corrected chi connectivity index (χ0v) is 6.14. The molecule has 0 aliphatic rings. The van der Waals surface area contributed by atoms with Crippen LogP contribution in [0, 0.1) is 0 Å². The fourth-order valence-corrected chi connectivity index (χ4v) is 0.412. The maximum Gasteiger partial charge on any atom is 0.302 e. The molecule has 58 valence electrons. The number of ether oxygens (including phenoxy) is 1. The molecular formula is C6H11NO3. The highest BCUT2D eigenvalue weighted by Gasteiger charge is 1.98. The van der Waals surface area contributed by atoms with Crippen LogP contribution in [0.3, 0.4) is 0 Å². The molecule has 0 fully saturated rings. The van der Waals surface area contributed by atoms with E-state index in [-0.39, 0.29) is 24.9 Å². The van der Waals surface area contributed by atoms with Gasteiger partial charge in [0.2, 0.25) is 5.91 Å². The van der Waals surface area contributed by atoms with E-state index in [4.69, 9.17) is 0 Å². The van der Waals surface area contributed by atoms with Gasteiger partial charge in [0.15, 0.2) is 0 Å². The van der Waals surface area contributed by atoms with Gasteiger partial charge in [0, 0.05) is 14.0 Å². The zero-order chi connectivity index (χ0) is 7.98. The van der Waals surface area contributed by atoms with E-state index in [0.717, 1.165) is 0 Å². The summed E-state index contributed by atoms with van der Waals surface area (Å²) in [5.74, 6) is -0.481. The third-order valence-electron chi connectivity index (χ3n) is 0.913. The van der Waals surface area contributed by atoms with Gasteiger partial charge in [-0.3, -0.25) is 9.59 Å². The van der Waals surface area contributed by atoms with Crippen molar-refractivity contribution in [3.63, 3.8) is 0 Å². The van der Waals surface area contributed by atoms with Gasteiger partial charge in [-0.05, 0) is 0 Å². The van der Waals surface area contributed by atoms with Crippen LogP contribution in [0.4, 0.5) is 0 Å². The highest BCUT2D eigenvalue weighted by molar-refractivity contribution is 5.76. The summed E-state index contributed by atoms with van der Waals surface area (Å²) in [6.07, 6.45) is 0.232. The van der Waals surface area contributed by atoms with E-state index in [1.807, 2.05) is 0 Å². The Balaban J connectivity index is 3.20. The minimum atomic E-state index is -0.357. The van der Waals surface area contributed by atoms with Crippen molar-refractivity contribution < 1.29 is 14.3 Å². The van der Waals surface area contributed by atoms with Crippen LogP contribution in [-0.2, 0) is 14.3 Å². The first kappa shape index (κ1) is 8.94. The molecule has 1 amide bonds. The van der Waals surface area contributed by atoms with Crippen molar-refractivity contribution in [1.82, 2.24) is 5.32 Å². The summed E-state index contributed by atoms with van der Waals surface area (Å²) >= 11 is 0. The Hall–Kier alpha value is -1.06. The SMILES string of the molecule is CNC(=O)CCOC(C)=O. The van der Waals surface area contributed by atoms with Crippen molar-refractivity contribution in [2.45, 2.75) is 13.3 Å². The second-order valence-corrected chi connectivity index (χ2v) is 1.76. The number of esters is 1. The van der Waals surface area contributed by atoms with Crippen LogP contribution in [-0.4, -0.2) is 25.5 Å². The fraction of sp³-hybridized carbons (Fsp3) is 0.667. The lowest BCUT2D eigenvalue weighted by atomic mass is 10.4. The lowest BCUT2D eigenvalue weighted by Gasteiger charge is -1.99. The standard InChI is InChI=1S/C6H11NO3/c1-5(8)10-4-3-6(9)7-2/h3-4H2,1-2H3,(H,7,9). The molecule has 0 aliphatic carbocycles. The molecule has 0 saturated heterocycles. The molecule has 0 saturated carbocycles. The lowest BCUT2D eigenvalue weighted by molar-refractivity contribution is -0.141. The van der Waals surface area contributed by atoms with Crippen molar-refractivity contribution in [2.24, 2.45) is 0 Å². The number of carbonyl (C=O) groups is 2. The smallest absolute Gasteiger partial charge is 0.302 e. The molecule has 0 aromatic carbocycles. The third kappa shape index (κ3) is 5.08. The van der Waals surface area contributed by atoms with E-state index < -0.39 is 0 Å². The van der Waals surface area contributed by atoms with Gasteiger partial charge < -0.3 is 10.1 Å². The van der Waals surface area contributed by atoms with Gasteiger partial charge in [0.1, 0.15) is 6.61 Å². The third-order valence-corrected chi connectivity index (χ3v) is 0.913. The Bertz CT molecular complexity index is 133. The number of amides is 1. The molecule has 4 heteroatoms. The number of hydrogen-bond acceptors (Lipinski definition) is 3. The van der Waals surface area contributed by atoms with E-state index >= 15 is 0 Å². The van der Waals surface area contributed by atoms with Gasteiger partial charge in [0.25, 0.3) is 0 Å². The molecule has 0 unspecified atom stereocenters. The normalized spacial score (nSPS) is 8.60. The highest BCUT2D eigenvalue weighted by atomic mass is 16.5. The van der Waals surface area contributed by atoms with Crippen LogP contribution < -0.4 is 5.32 Å². The summed E-state index contributed by atoms with van der Waals surface area (Å²) in [6, 6.07) is 0. The van der Waals surface area contributed by atoms with Crippen molar-refractivity contribution in [3.05, 3.63) is 0 Å². The molecule has 0 bridgehead atoms. The molecular weight excluding hydrogens is 134 g/mol. The van der Waals surface area contributed by atoms with Gasteiger partial charge in [-0.1, -0.05) is 0 Å². The van der Waals surface area contributed by atoms with E-state index in [9.17, 15) is 9.59 Å². The molecule has 10 heavy (non-hydrogen) atoms. The van der Waals surface area contributed by atoms with Gasteiger partial charge in [-0.2, -0.15) is 0 Å². The van der Waals surface area contributed by atoms with E-state index in [0.29, 0.717) is 0 Å². The summed E-state index contributed by atoms with van der Waals surface area (Å²) in [5.41, 5.74) is 0. The van der Waals surface area contributed by atoms with Crippen molar-refractivity contribution >= 4 is 11.9 Å². The summed E-state index contributed by atoms with van der Waals surface area (Å²) in [5, 5.41) is 2.41. The van der Waals surface area contributed by atoms with Crippen LogP contribution in [0.2, 0.25) is 0 Å². The Kier molecular flexibility index (Phi) is 4.28. The largest absolute Gasteiger partial charge is 0.465 e. The van der Waals surface area contributed by atoms with Crippen molar-refractivity contribution in [3.8, 4) is 0 Å². The van der Waals surface area contributed by atoms with Crippen molar-refractivity contribution in [2.75, 3.05) is 13.7 Å². The van der Waals surface area contributed by atoms with Crippen LogP contribution in [0.15, 0.2) is 0 Å². The molecule has 0 aliphatic heterocycles. The fourth-order valence-electron chi connectivity index (χ4n) is 0.412. The average Bonchev–Trinajstić information content (AvgIpc) is 1.87. The molecule has 0 atom stereocenters. The van der Waals surface area contributed by atoms with Crippen LogP contribution in [0.25, 0.3) is 0 Å². The quantitative estimate of drug-likeness (QED) is 0.554. The summed E-state index contributed by atoms with van der Waals surface area (Å²) in [4.78, 5) is 20.7. The summed E-state index contributed by atoms with van der Waals surface area (Å²) < 4.78 is 4.51. The lowest BCUT2D eigenvalue weighted by Crippen LogP contribution is -2.19. The van der Waals surface area contributed by atoms with Crippen LogP contribution >= 0.6 is 0 Å². The van der Waals surface area contributed by atoms with E-state index in [1.165, 1.54) is 14.0 Å². The zero-order valence-electron chi connectivity index (χ0n) is 6.14. The molecule has 4 nitrogen and oxygen atoms in total. The minimum Gasteiger partial charge on any atom is -0.465 e. The first-order valence-corrected chi connectivity index (χ1v) is 3.00. The summed E-state index contributed by atoms with van der Waals surface area (Å²) in [6.45, 7) is 1.47. The molecule has 0 aromatic rings. The molecule has 1 N–H and O–H groups in total. The van der Waals surface area contributed by atoms with Gasteiger partial charge in [0.05, 0.1) is 6.42 Å². The molecule has 0 heterocycles. The number of hydrogen-bond donors (Lipinski definition) is 1. The highest BCUT2D eigenvalue weighted by Crippen LogP contribution is 1.82. The van der Waals surface area contributed by atoms with Gasteiger partial charge in [-0.15, -0.1) is 0 Å². The van der Waals surface area contributed by atoms with E-state index in [2.05, 4.69) is 10.1 Å². The first-order chi connectivity index (χ1) is 4.66. The van der Waals surface area contributed by atoms with Gasteiger partial charge >= 0.3 is 5.97 Å². The van der Waals surface area contributed by atoms with Gasteiger partial charge in [-0.25, -0.2) is 0 Å². The topological polar surface area (TPSA) is 55.4 Å². The second-order valence-electron chi connectivity index (χ2n) is 1.76. The predicted octanol–water partition coefficient (Wildman–Crippen LogP) is -0.314. The second kappa shape index (κ2) is 4.78. The maximum atomic E-state index is 10.5. The van der Waals surface area contributed by atoms with E-state index in [1.54, 1.807) is 0 Å². The van der Waals surface area contributed by atoms with Crippen molar-refractivity contribution in [1.29, 1.82) is 0 Å². The average molecular weight is 145 g/mol. The molecule has 0 rings (SSSR count). The predicted molar refractivity (Wildman–Crippen MR) is 35.3 cm³/mol. The first-order valence-electron chi connectivity index (χ1n) is 3.00. The Morgan fingerprint density at radius 3 is 2.50 bits per heavy atom. The molecule has 0 radical (unpaired) electrons. The molecule has 0 spiro atoms. The Morgan fingerprint density at radius 2 is 2.10 bits per heavy atom. The maximum absolute atomic E-state index is 10.5.